The van der Waals surface area contributed by atoms with E-state index in [4.69, 9.17) is 10.5 Å². The van der Waals surface area contributed by atoms with Crippen LogP contribution >= 0.6 is 11.3 Å². The van der Waals surface area contributed by atoms with Crippen LogP contribution in [0.25, 0.3) is 0 Å². The molecule has 0 spiro atoms. The first-order valence-corrected chi connectivity index (χ1v) is 6.38. The second kappa shape index (κ2) is 4.18. The molecule has 16 heavy (non-hydrogen) atoms. The highest BCUT2D eigenvalue weighted by molar-refractivity contribution is 7.10. The minimum Gasteiger partial charge on any atom is -0.469 e. The summed E-state index contributed by atoms with van der Waals surface area (Å²) in [6.07, 6.45) is 2.75. The van der Waals surface area contributed by atoms with Gasteiger partial charge in [-0.2, -0.15) is 0 Å². The SMILES string of the molecule is COC(=O)C1(C(N)c2sccc2C)CCC1. The summed E-state index contributed by atoms with van der Waals surface area (Å²) in [5.41, 5.74) is 6.97. The summed E-state index contributed by atoms with van der Waals surface area (Å²) in [6.45, 7) is 2.04. The summed E-state index contributed by atoms with van der Waals surface area (Å²) >= 11 is 1.63. The molecule has 1 aromatic rings. The van der Waals surface area contributed by atoms with Crippen LogP contribution in [0.3, 0.4) is 0 Å². The van der Waals surface area contributed by atoms with Crippen molar-refractivity contribution < 1.29 is 9.53 Å². The first kappa shape index (κ1) is 11.6. The Labute approximate surface area is 99.6 Å². The maximum Gasteiger partial charge on any atom is 0.313 e. The molecule has 0 bridgehead atoms. The molecule has 2 N–H and O–H groups in total. The minimum absolute atomic E-state index is 0.154. The minimum atomic E-state index is -0.468. The zero-order valence-corrected chi connectivity index (χ0v) is 10.5. The standard InChI is InChI=1S/C12H17NO2S/c1-8-4-7-16-9(8)10(13)12(5-3-6-12)11(14)15-2/h4,7,10H,3,5-6,13H2,1-2H3. The third kappa shape index (κ3) is 1.57. The molecule has 0 amide bonds. The van der Waals surface area contributed by atoms with Crippen LogP contribution in [0.1, 0.15) is 35.7 Å². The van der Waals surface area contributed by atoms with Crippen molar-refractivity contribution in [2.45, 2.75) is 32.2 Å². The molecule has 1 aromatic heterocycles. The molecule has 3 nitrogen and oxygen atoms in total. The highest BCUT2D eigenvalue weighted by atomic mass is 32.1. The van der Waals surface area contributed by atoms with E-state index in [1.54, 1.807) is 11.3 Å². The van der Waals surface area contributed by atoms with E-state index in [0.717, 1.165) is 24.1 Å². The zero-order valence-electron chi connectivity index (χ0n) is 9.66. The molecule has 88 valence electrons. The smallest absolute Gasteiger partial charge is 0.313 e. The number of aryl methyl sites for hydroxylation is 1. The quantitative estimate of drug-likeness (QED) is 0.824. The van der Waals surface area contributed by atoms with Crippen LogP contribution in [0, 0.1) is 12.3 Å². The van der Waals surface area contributed by atoms with Gasteiger partial charge in [-0.3, -0.25) is 4.79 Å². The van der Waals surface area contributed by atoms with Crippen LogP contribution < -0.4 is 5.73 Å². The van der Waals surface area contributed by atoms with Crippen molar-refractivity contribution in [1.82, 2.24) is 0 Å². The summed E-state index contributed by atoms with van der Waals surface area (Å²) in [7, 11) is 1.44. The van der Waals surface area contributed by atoms with Gasteiger partial charge in [0.15, 0.2) is 0 Å². The van der Waals surface area contributed by atoms with E-state index in [-0.39, 0.29) is 12.0 Å². The van der Waals surface area contributed by atoms with Crippen LogP contribution in [-0.2, 0) is 9.53 Å². The molecule has 1 aliphatic carbocycles. The Morgan fingerprint density at radius 1 is 1.62 bits per heavy atom. The van der Waals surface area contributed by atoms with Crippen molar-refractivity contribution in [1.29, 1.82) is 0 Å². The maximum absolute atomic E-state index is 11.9. The molecule has 4 heteroatoms. The Morgan fingerprint density at radius 3 is 2.69 bits per heavy atom. The lowest BCUT2D eigenvalue weighted by atomic mass is 9.63. The number of carbonyl (C=O) groups excluding carboxylic acids is 1. The summed E-state index contributed by atoms with van der Waals surface area (Å²) in [5, 5.41) is 2.02. The molecular weight excluding hydrogens is 222 g/mol. The van der Waals surface area contributed by atoms with Gasteiger partial charge < -0.3 is 10.5 Å². The van der Waals surface area contributed by atoms with E-state index in [0.29, 0.717) is 0 Å². The van der Waals surface area contributed by atoms with Gasteiger partial charge in [0.25, 0.3) is 0 Å². The lowest BCUT2D eigenvalue weighted by Gasteiger charge is -2.43. The largest absolute Gasteiger partial charge is 0.469 e. The van der Waals surface area contributed by atoms with E-state index in [9.17, 15) is 4.79 Å². The first-order chi connectivity index (χ1) is 7.62. The molecule has 0 radical (unpaired) electrons. The molecule has 1 atom stereocenters. The molecular formula is C12H17NO2S. The fraction of sp³-hybridized carbons (Fsp3) is 0.583. The van der Waals surface area contributed by atoms with Crippen molar-refractivity contribution in [3.05, 3.63) is 21.9 Å². The molecule has 1 heterocycles. The highest BCUT2D eigenvalue weighted by Gasteiger charge is 2.51. The molecule has 0 aliphatic heterocycles. The lowest BCUT2D eigenvalue weighted by molar-refractivity contribution is -0.160. The van der Waals surface area contributed by atoms with Gasteiger partial charge in [-0.05, 0) is 36.8 Å². The molecule has 1 aliphatic rings. The van der Waals surface area contributed by atoms with E-state index in [1.165, 1.54) is 12.7 Å². The summed E-state index contributed by atoms with van der Waals surface area (Å²) < 4.78 is 4.90. The van der Waals surface area contributed by atoms with Crippen LogP contribution in [0.4, 0.5) is 0 Å². The van der Waals surface area contributed by atoms with Crippen molar-refractivity contribution in [2.24, 2.45) is 11.1 Å². The monoisotopic (exact) mass is 239 g/mol. The van der Waals surface area contributed by atoms with Crippen LogP contribution in [0.15, 0.2) is 11.4 Å². The maximum atomic E-state index is 11.9. The topological polar surface area (TPSA) is 52.3 Å². The summed E-state index contributed by atoms with van der Waals surface area (Å²) in [4.78, 5) is 13.0. The van der Waals surface area contributed by atoms with Gasteiger partial charge in [0.2, 0.25) is 0 Å². The normalized spacial score (nSPS) is 19.9. The van der Waals surface area contributed by atoms with Gasteiger partial charge in [-0.25, -0.2) is 0 Å². The van der Waals surface area contributed by atoms with Crippen molar-refractivity contribution >= 4 is 17.3 Å². The summed E-state index contributed by atoms with van der Waals surface area (Å²) in [6, 6.07) is 1.83. The average molecular weight is 239 g/mol. The van der Waals surface area contributed by atoms with Crippen LogP contribution in [0.2, 0.25) is 0 Å². The third-order valence-electron chi connectivity index (χ3n) is 3.62. The Hall–Kier alpha value is -0.870. The van der Waals surface area contributed by atoms with Gasteiger partial charge in [0.1, 0.15) is 0 Å². The summed E-state index contributed by atoms with van der Waals surface area (Å²) in [5.74, 6) is -0.154. The fourth-order valence-corrected chi connectivity index (χ4v) is 3.40. The molecule has 1 unspecified atom stereocenters. The van der Waals surface area contributed by atoms with Gasteiger partial charge in [0.05, 0.1) is 18.6 Å². The molecule has 2 rings (SSSR count). The van der Waals surface area contributed by atoms with Crippen molar-refractivity contribution in [3.8, 4) is 0 Å². The number of esters is 1. The lowest BCUT2D eigenvalue weighted by Crippen LogP contribution is -2.47. The van der Waals surface area contributed by atoms with Gasteiger partial charge in [-0.15, -0.1) is 11.3 Å². The van der Waals surface area contributed by atoms with E-state index < -0.39 is 5.41 Å². The first-order valence-electron chi connectivity index (χ1n) is 5.50. The fourth-order valence-electron chi connectivity index (χ4n) is 2.36. The van der Waals surface area contributed by atoms with Crippen LogP contribution in [0.5, 0.6) is 0 Å². The van der Waals surface area contributed by atoms with Gasteiger partial charge >= 0.3 is 5.97 Å². The second-order valence-corrected chi connectivity index (χ2v) is 5.39. The predicted molar refractivity (Wildman–Crippen MR) is 64.3 cm³/mol. The van der Waals surface area contributed by atoms with Crippen LogP contribution in [-0.4, -0.2) is 13.1 Å². The van der Waals surface area contributed by atoms with E-state index in [2.05, 4.69) is 0 Å². The molecule has 1 fully saturated rings. The number of nitrogens with two attached hydrogens (primary N) is 1. The molecule has 1 saturated carbocycles. The molecule has 0 aromatic carbocycles. The van der Waals surface area contributed by atoms with Gasteiger partial charge in [0, 0.05) is 4.88 Å². The van der Waals surface area contributed by atoms with Crippen molar-refractivity contribution in [2.75, 3.05) is 7.11 Å². The van der Waals surface area contributed by atoms with Crippen molar-refractivity contribution in [3.63, 3.8) is 0 Å². The van der Waals surface area contributed by atoms with E-state index >= 15 is 0 Å². The number of hydrogen-bond donors (Lipinski definition) is 1. The Balaban J connectivity index is 2.29. The number of methoxy groups -OCH3 is 1. The molecule has 0 saturated heterocycles. The second-order valence-electron chi connectivity index (χ2n) is 4.45. The predicted octanol–water partition coefficient (Wildman–Crippen LogP) is 2.40. The number of thiophene rings is 1. The highest BCUT2D eigenvalue weighted by Crippen LogP contribution is 2.51. The number of hydrogen-bond acceptors (Lipinski definition) is 4. The Bertz CT molecular complexity index is 395. The Kier molecular flexibility index (Phi) is 3.04. The van der Waals surface area contributed by atoms with E-state index in [1.807, 2.05) is 18.4 Å². The number of carbonyl (C=O) groups is 1. The third-order valence-corrected chi connectivity index (χ3v) is 4.72. The zero-order chi connectivity index (χ0) is 11.8. The Morgan fingerprint density at radius 2 is 2.31 bits per heavy atom. The number of ether oxygens (including phenoxy) is 1. The average Bonchev–Trinajstić information content (AvgIpc) is 2.62. The van der Waals surface area contributed by atoms with Gasteiger partial charge in [-0.1, -0.05) is 6.42 Å². The number of rotatable bonds is 3.